The summed E-state index contributed by atoms with van der Waals surface area (Å²) in [7, 11) is 1.88. The zero-order valence-corrected chi connectivity index (χ0v) is 9.95. The van der Waals surface area contributed by atoms with E-state index in [1.165, 1.54) is 0 Å². The maximum atomic E-state index is 9.28. The van der Waals surface area contributed by atoms with E-state index in [-0.39, 0.29) is 12.1 Å². The molecule has 1 aromatic rings. The van der Waals surface area contributed by atoms with Crippen molar-refractivity contribution >= 4 is 11.5 Å². The van der Waals surface area contributed by atoms with Crippen LogP contribution in [0, 0.1) is 0 Å². The third-order valence-corrected chi connectivity index (χ3v) is 3.19. The summed E-state index contributed by atoms with van der Waals surface area (Å²) in [5.74, 6) is 0.843. The lowest BCUT2D eigenvalue weighted by atomic mass is 10.2. The van der Waals surface area contributed by atoms with Gasteiger partial charge in [0.05, 0.1) is 23.5 Å². The molecule has 1 aliphatic carbocycles. The maximum Gasteiger partial charge on any atom is 0.148 e. The molecule has 0 unspecified atom stereocenters. The molecule has 0 spiro atoms. The second-order valence-electron chi connectivity index (χ2n) is 4.65. The Hall–Kier alpha value is -1.23. The summed E-state index contributed by atoms with van der Waals surface area (Å²) in [6.07, 6.45) is 3.92. The maximum absolute atomic E-state index is 9.28. The van der Waals surface area contributed by atoms with Crippen LogP contribution in [0.3, 0.4) is 0 Å². The summed E-state index contributed by atoms with van der Waals surface area (Å²) < 4.78 is 1.77. The second-order valence-corrected chi connectivity index (χ2v) is 4.65. The van der Waals surface area contributed by atoms with Crippen LogP contribution in [0.2, 0.25) is 0 Å². The molecule has 0 amide bonds. The first-order valence-electron chi connectivity index (χ1n) is 5.82. The zero-order chi connectivity index (χ0) is 11.8. The van der Waals surface area contributed by atoms with Gasteiger partial charge in [-0.15, -0.1) is 0 Å². The molecule has 0 saturated heterocycles. The highest BCUT2D eigenvalue weighted by Crippen LogP contribution is 2.40. The Kier molecular flexibility index (Phi) is 2.80. The Balaban J connectivity index is 2.20. The lowest BCUT2D eigenvalue weighted by molar-refractivity contribution is 0.265. The first-order valence-corrected chi connectivity index (χ1v) is 5.82. The monoisotopic (exact) mass is 224 g/mol. The van der Waals surface area contributed by atoms with Crippen LogP contribution < -0.4 is 11.1 Å². The number of aromatic nitrogens is 2. The number of aliphatic hydroxyl groups excluding tert-OH is 1. The number of rotatable bonds is 5. The van der Waals surface area contributed by atoms with Gasteiger partial charge in [-0.2, -0.15) is 5.10 Å². The quantitative estimate of drug-likeness (QED) is 0.694. The summed E-state index contributed by atoms with van der Waals surface area (Å²) in [4.78, 5) is 0. The van der Waals surface area contributed by atoms with Gasteiger partial charge >= 0.3 is 0 Å². The third-order valence-electron chi connectivity index (χ3n) is 3.19. The van der Waals surface area contributed by atoms with Gasteiger partial charge in [0.1, 0.15) is 5.82 Å². The van der Waals surface area contributed by atoms with Gasteiger partial charge in [-0.05, 0) is 19.3 Å². The fourth-order valence-corrected chi connectivity index (χ4v) is 1.89. The summed E-state index contributed by atoms with van der Waals surface area (Å²) in [5.41, 5.74) is 7.58. The van der Waals surface area contributed by atoms with Crippen LogP contribution in [0.5, 0.6) is 0 Å². The Labute approximate surface area is 95.6 Å². The van der Waals surface area contributed by atoms with Crippen molar-refractivity contribution in [3.63, 3.8) is 0 Å². The van der Waals surface area contributed by atoms with Crippen LogP contribution in [0.4, 0.5) is 11.5 Å². The molecule has 1 fully saturated rings. The fourth-order valence-electron chi connectivity index (χ4n) is 1.89. The predicted octanol–water partition coefficient (Wildman–Crippen LogP) is 0.892. The molecule has 0 aromatic carbocycles. The van der Waals surface area contributed by atoms with Crippen molar-refractivity contribution in [1.82, 2.24) is 9.78 Å². The lowest BCUT2D eigenvalue weighted by Gasteiger charge is -2.16. The van der Waals surface area contributed by atoms with Crippen molar-refractivity contribution in [3.05, 3.63) is 5.69 Å². The minimum Gasteiger partial charge on any atom is -0.394 e. The number of aliphatic hydroxyl groups is 1. The number of hydrogen-bond acceptors (Lipinski definition) is 4. The molecule has 0 radical (unpaired) electrons. The van der Waals surface area contributed by atoms with Gasteiger partial charge in [-0.25, -0.2) is 0 Å². The average Bonchev–Trinajstić information content (AvgIpc) is 2.99. The molecule has 0 bridgehead atoms. The first-order chi connectivity index (χ1) is 7.62. The summed E-state index contributed by atoms with van der Waals surface area (Å²) in [6, 6.07) is 0. The van der Waals surface area contributed by atoms with Crippen molar-refractivity contribution in [2.24, 2.45) is 7.05 Å². The van der Waals surface area contributed by atoms with Gasteiger partial charge in [0, 0.05) is 7.05 Å². The van der Waals surface area contributed by atoms with Crippen LogP contribution in [0.1, 0.15) is 31.9 Å². The summed E-state index contributed by atoms with van der Waals surface area (Å²) >= 11 is 0. The molecule has 5 nitrogen and oxygen atoms in total. The third kappa shape index (κ3) is 1.87. The van der Waals surface area contributed by atoms with Crippen molar-refractivity contribution in [3.8, 4) is 0 Å². The van der Waals surface area contributed by atoms with Crippen molar-refractivity contribution < 1.29 is 5.11 Å². The zero-order valence-electron chi connectivity index (χ0n) is 9.95. The van der Waals surface area contributed by atoms with Crippen molar-refractivity contribution in [2.75, 3.05) is 17.7 Å². The highest BCUT2D eigenvalue weighted by Gasteiger charge is 2.43. The highest BCUT2D eigenvalue weighted by molar-refractivity contribution is 5.66. The van der Waals surface area contributed by atoms with E-state index in [9.17, 15) is 5.11 Å². The van der Waals surface area contributed by atoms with E-state index < -0.39 is 0 Å². The number of hydrogen-bond donors (Lipinski definition) is 3. The molecule has 1 aliphatic rings. The highest BCUT2D eigenvalue weighted by atomic mass is 16.3. The van der Waals surface area contributed by atoms with E-state index >= 15 is 0 Å². The molecule has 2 rings (SSSR count). The number of nitrogens with two attached hydrogens (primary N) is 1. The van der Waals surface area contributed by atoms with Gasteiger partial charge < -0.3 is 16.2 Å². The van der Waals surface area contributed by atoms with Crippen LogP contribution in [0.25, 0.3) is 0 Å². The number of anilines is 2. The minimum absolute atomic E-state index is 0.147. The average molecular weight is 224 g/mol. The van der Waals surface area contributed by atoms with E-state index in [0.717, 1.165) is 42.9 Å². The van der Waals surface area contributed by atoms with E-state index in [2.05, 4.69) is 17.3 Å². The topological polar surface area (TPSA) is 76.1 Å². The normalized spacial score (nSPS) is 17.4. The molecule has 5 heteroatoms. The van der Waals surface area contributed by atoms with Gasteiger partial charge in [0.25, 0.3) is 0 Å². The van der Waals surface area contributed by atoms with Gasteiger partial charge in [-0.3, -0.25) is 4.68 Å². The summed E-state index contributed by atoms with van der Waals surface area (Å²) in [6.45, 7) is 2.26. The molecule has 0 atom stereocenters. The van der Waals surface area contributed by atoms with Crippen LogP contribution in [-0.2, 0) is 13.5 Å². The molecule has 4 N–H and O–H groups in total. The Morgan fingerprint density at radius 1 is 1.56 bits per heavy atom. The molecule has 90 valence electrons. The van der Waals surface area contributed by atoms with Crippen LogP contribution in [0.15, 0.2) is 0 Å². The van der Waals surface area contributed by atoms with E-state index in [1.807, 2.05) is 7.05 Å². The SMILES string of the molecule is CCCc1nn(C)c(NC2(CO)CC2)c1N. The molecular formula is C11H20N4O. The summed E-state index contributed by atoms with van der Waals surface area (Å²) in [5, 5.41) is 17.0. The van der Waals surface area contributed by atoms with Crippen LogP contribution in [-0.4, -0.2) is 27.0 Å². The minimum atomic E-state index is -0.147. The Morgan fingerprint density at radius 3 is 2.75 bits per heavy atom. The Bertz CT molecular complexity index is 382. The Morgan fingerprint density at radius 2 is 2.25 bits per heavy atom. The molecule has 1 aromatic heterocycles. The largest absolute Gasteiger partial charge is 0.394 e. The van der Waals surface area contributed by atoms with Crippen molar-refractivity contribution in [2.45, 2.75) is 38.1 Å². The molecular weight excluding hydrogens is 204 g/mol. The standard InChI is InChI=1S/C11H20N4O/c1-3-4-8-9(12)10(15(2)14-8)13-11(7-16)5-6-11/h13,16H,3-7,12H2,1-2H3. The number of nitrogens with one attached hydrogen (secondary N) is 1. The number of nitrogen functional groups attached to an aromatic ring is 1. The molecule has 16 heavy (non-hydrogen) atoms. The lowest BCUT2D eigenvalue weighted by Crippen LogP contribution is -2.27. The second kappa shape index (κ2) is 3.97. The molecule has 0 aliphatic heterocycles. The van der Waals surface area contributed by atoms with Gasteiger partial charge in [0.15, 0.2) is 0 Å². The molecule has 1 saturated carbocycles. The fraction of sp³-hybridized carbons (Fsp3) is 0.727. The van der Waals surface area contributed by atoms with Gasteiger partial charge in [-0.1, -0.05) is 13.3 Å². The van der Waals surface area contributed by atoms with Crippen molar-refractivity contribution in [1.29, 1.82) is 0 Å². The van der Waals surface area contributed by atoms with E-state index in [1.54, 1.807) is 4.68 Å². The number of nitrogens with zero attached hydrogens (tertiary/aromatic N) is 2. The van der Waals surface area contributed by atoms with E-state index in [0.29, 0.717) is 0 Å². The van der Waals surface area contributed by atoms with Crippen LogP contribution >= 0.6 is 0 Å². The molecule has 1 heterocycles. The first kappa shape index (κ1) is 11.3. The van der Waals surface area contributed by atoms with E-state index in [4.69, 9.17) is 5.73 Å². The smallest absolute Gasteiger partial charge is 0.148 e. The van der Waals surface area contributed by atoms with Gasteiger partial charge in [0.2, 0.25) is 0 Å². The number of aryl methyl sites for hydroxylation is 2. The predicted molar refractivity (Wildman–Crippen MR) is 64.3 cm³/mol.